The molecular formula is C13H18O3. The Morgan fingerprint density at radius 2 is 2.19 bits per heavy atom. The van der Waals surface area contributed by atoms with E-state index in [0.29, 0.717) is 6.61 Å². The number of methoxy groups -OCH3 is 1. The third-order valence-corrected chi connectivity index (χ3v) is 3.13. The highest BCUT2D eigenvalue weighted by molar-refractivity contribution is 5.35. The first-order valence-electron chi connectivity index (χ1n) is 5.65. The van der Waals surface area contributed by atoms with Gasteiger partial charge in [0.05, 0.1) is 25.9 Å². The van der Waals surface area contributed by atoms with Crippen molar-refractivity contribution in [2.75, 3.05) is 13.7 Å². The second kappa shape index (κ2) is 4.85. The predicted molar refractivity (Wildman–Crippen MR) is 61.5 cm³/mol. The summed E-state index contributed by atoms with van der Waals surface area (Å²) >= 11 is 0. The molecule has 1 fully saturated rings. The van der Waals surface area contributed by atoms with Gasteiger partial charge < -0.3 is 14.6 Å². The third-order valence-electron chi connectivity index (χ3n) is 3.13. The molecule has 3 heteroatoms. The summed E-state index contributed by atoms with van der Waals surface area (Å²) in [5.41, 5.74) is 0.854. The molecule has 1 N–H and O–H groups in total. The van der Waals surface area contributed by atoms with E-state index < -0.39 is 6.10 Å². The molecule has 0 bridgehead atoms. The summed E-state index contributed by atoms with van der Waals surface area (Å²) in [6.45, 7) is 2.66. The van der Waals surface area contributed by atoms with E-state index in [0.717, 1.165) is 17.7 Å². The Labute approximate surface area is 96.0 Å². The van der Waals surface area contributed by atoms with Gasteiger partial charge in [0.25, 0.3) is 0 Å². The minimum absolute atomic E-state index is 0.172. The molecule has 16 heavy (non-hydrogen) atoms. The van der Waals surface area contributed by atoms with Crippen molar-refractivity contribution in [3.8, 4) is 5.75 Å². The predicted octanol–water partition coefficient (Wildman–Crippen LogP) is 2.15. The number of hydrogen-bond acceptors (Lipinski definition) is 3. The Balaban J connectivity index is 2.16. The summed E-state index contributed by atoms with van der Waals surface area (Å²) in [7, 11) is 1.62. The lowest BCUT2D eigenvalue weighted by molar-refractivity contribution is 0.0790. The fourth-order valence-corrected chi connectivity index (χ4v) is 2.24. The van der Waals surface area contributed by atoms with Crippen LogP contribution < -0.4 is 4.74 Å². The first-order valence-corrected chi connectivity index (χ1v) is 5.65. The van der Waals surface area contributed by atoms with Crippen molar-refractivity contribution < 1.29 is 14.6 Å². The summed E-state index contributed by atoms with van der Waals surface area (Å²) in [5.74, 6) is 0.917. The van der Waals surface area contributed by atoms with Crippen molar-refractivity contribution in [3.63, 3.8) is 0 Å². The molecule has 1 heterocycles. The molecule has 0 aromatic heterocycles. The molecule has 88 valence electrons. The van der Waals surface area contributed by atoms with E-state index in [9.17, 15) is 5.11 Å². The molecule has 0 amide bonds. The number of aliphatic hydroxyl groups is 1. The van der Waals surface area contributed by atoms with Gasteiger partial charge in [-0.3, -0.25) is 0 Å². The fraction of sp³-hybridized carbons (Fsp3) is 0.538. The standard InChI is InChI=1S/C13H18O3/c1-9-7-10(8-16-9)13(14)11-5-3-4-6-12(11)15-2/h3-6,9-10,13-14H,7-8H2,1-2H3. The molecule has 0 spiro atoms. The van der Waals surface area contributed by atoms with Crippen LogP contribution in [0.4, 0.5) is 0 Å². The molecule has 0 radical (unpaired) electrons. The summed E-state index contributed by atoms with van der Waals surface area (Å²) in [5, 5.41) is 10.3. The normalized spacial score (nSPS) is 26.7. The van der Waals surface area contributed by atoms with Gasteiger partial charge in [-0.25, -0.2) is 0 Å². The Morgan fingerprint density at radius 3 is 2.81 bits per heavy atom. The molecular weight excluding hydrogens is 204 g/mol. The molecule has 3 unspecified atom stereocenters. The van der Waals surface area contributed by atoms with E-state index in [-0.39, 0.29) is 12.0 Å². The zero-order valence-electron chi connectivity index (χ0n) is 9.72. The van der Waals surface area contributed by atoms with Gasteiger partial charge in [0, 0.05) is 11.5 Å². The third kappa shape index (κ3) is 2.20. The van der Waals surface area contributed by atoms with Gasteiger partial charge >= 0.3 is 0 Å². The lowest BCUT2D eigenvalue weighted by Gasteiger charge is -2.19. The SMILES string of the molecule is COc1ccccc1C(O)C1COC(C)C1. The van der Waals surface area contributed by atoms with Gasteiger partial charge in [-0.2, -0.15) is 0 Å². The smallest absolute Gasteiger partial charge is 0.124 e. The number of para-hydroxylation sites is 1. The molecule has 3 nitrogen and oxygen atoms in total. The monoisotopic (exact) mass is 222 g/mol. The highest BCUT2D eigenvalue weighted by Crippen LogP contribution is 2.35. The van der Waals surface area contributed by atoms with E-state index >= 15 is 0 Å². The number of rotatable bonds is 3. The van der Waals surface area contributed by atoms with Gasteiger partial charge in [0.1, 0.15) is 5.75 Å². The maximum absolute atomic E-state index is 10.3. The van der Waals surface area contributed by atoms with Crippen LogP contribution in [-0.2, 0) is 4.74 Å². The summed E-state index contributed by atoms with van der Waals surface area (Å²) in [6, 6.07) is 7.60. The maximum atomic E-state index is 10.3. The second-order valence-electron chi connectivity index (χ2n) is 4.33. The first kappa shape index (κ1) is 11.4. The van der Waals surface area contributed by atoms with Gasteiger partial charge in [0.2, 0.25) is 0 Å². The summed E-state index contributed by atoms with van der Waals surface area (Å²) < 4.78 is 10.7. The Kier molecular flexibility index (Phi) is 3.46. The van der Waals surface area contributed by atoms with Crippen LogP contribution in [0.1, 0.15) is 25.0 Å². The largest absolute Gasteiger partial charge is 0.496 e. The maximum Gasteiger partial charge on any atom is 0.124 e. The second-order valence-corrected chi connectivity index (χ2v) is 4.33. The van der Waals surface area contributed by atoms with Crippen molar-refractivity contribution in [2.45, 2.75) is 25.6 Å². The Hall–Kier alpha value is -1.06. The molecule has 1 aliphatic heterocycles. The average Bonchev–Trinajstić information content (AvgIpc) is 2.75. The van der Waals surface area contributed by atoms with Crippen molar-refractivity contribution in [2.24, 2.45) is 5.92 Å². The minimum Gasteiger partial charge on any atom is -0.496 e. The van der Waals surface area contributed by atoms with Gasteiger partial charge in [-0.1, -0.05) is 18.2 Å². The van der Waals surface area contributed by atoms with E-state index in [4.69, 9.17) is 9.47 Å². The fourth-order valence-electron chi connectivity index (χ4n) is 2.24. The number of aliphatic hydroxyl groups excluding tert-OH is 1. The van der Waals surface area contributed by atoms with Crippen LogP contribution in [0.5, 0.6) is 5.75 Å². The van der Waals surface area contributed by atoms with Gasteiger partial charge in [-0.15, -0.1) is 0 Å². The zero-order chi connectivity index (χ0) is 11.5. The molecule has 2 rings (SSSR count). The van der Waals surface area contributed by atoms with Crippen molar-refractivity contribution in [3.05, 3.63) is 29.8 Å². The molecule has 1 aromatic carbocycles. The topological polar surface area (TPSA) is 38.7 Å². The summed E-state index contributed by atoms with van der Waals surface area (Å²) in [4.78, 5) is 0. The number of ether oxygens (including phenoxy) is 2. The van der Waals surface area contributed by atoms with Gasteiger partial charge in [-0.05, 0) is 19.4 Å². The molecule has 1 aliphatic rings. The van der Waals surface area contributed by atoms with Crippen molar-refractivity contribution in [1.29, 1.82) is 0 Å². The lowest BCUT2D eigenvalue weighted by Crippen LogP contribution is -2.13. The lowest BCUT2D eigenvalue weighted by atomic mass is 9.93. The van der Waals surface area contributed by atoms with E-state index in [1.165, 1.54) is 0 Å². The van der Waals surface area contributed by atoms with Crippen molar-refractivity contribution in [1.82, 2.24) is 0 Å². The molecule has 1 saturated heterocycles. The number of benzene rings is 1. The quantitative estimate of drug-likeness (QED) is 0.851. The van der Waals surface area contributed by atoms with E-state index in [1.807, 2.05) is 31.2 Å². The molecule has 0 aliphatic carbocycles. The summed E-state index contributed by atoms with van der Waals surface area (Å²) in [6.07, 6.45) is 0.648. The molecule has 3 atom stereocenters. The Bertz CT molecular complexity index is 351. The number of hydrogen-bond donors (Lipinski definition) is 1. The highest BCUT2D eigenvalue weighted by Gasteiger charge is 2.30. The van der Waals surface area contributed by atoms with Crippen LogP contribution in [0.2, 0.25) is 0 Å². The van der Waals surface area contributed by atoms with Crippen LogP contribution in [0.15, 0.2) is 24.3 Å². The Morgan fingerprint density at radius 1 is 1.44 bits per heavy atom. The average molecular weight is 222 g/mol. The van der Waals surface area contributed by atoms with E-state index in [2.05, 4.69) is 0 Å². The highest BCUT2D eigenvalue weighted by atomic mass is 16.5. The molecule has 0 saturated carbocycles. The van der Waals surface area contributed by atoms with Crippen LogP contribution >= 0.6 is 0 Å². The van der Waals surface area contributed by atoms with Crippen LogP contribution in [0.25, 0.3) is 0 Å². The first-order chi connectivity index (χ1) is 7.72. The van der Waals surface area contributed by atoms with Crippen LogP contribution in [-0.4, -0.2) is 24.9 Å². The van der Waals surface area contributed by atoms with Gasteiger partial charge in [0.15, 0.2) is 0 Å². The van der Waals surface area contributed by atoms with Crippen molar-refractivity contribution >= 4 is 0 Å². The molecule has 1 aromatic rings. The minimum atomic E-state index is -0.499. The van der Waals surface area contributed by atoms with Crippen LogP contribution in [0.3, 0.4) is 0 Å². The van der Waals surface area contributed by atoms with E-state index in [1.54, 1.807) is 7.11 Å². The van der Waals surface area contributed by atoms with Crippen LogP contribution in [0, 0.1) is 5.92 Å². The zero-order valence-corrected chi connectivity index (χ0v) is 9.72.